The Balaban J connectivity index is 1.93. The van der Waals surface area contributed by atoms with Crippen LogP contribution in [0.3, 0.4) is 0 Å². The highest BCUT2D eigenvalue weighted by molar-refractivity contribution is 6.51. The largest absolute Gasteiger partial charge is 0.507 e. The molecule has 1 saturated heterocycles. The molecular weight excluding hydrogens is 389 g/mol. The van der Waals surface area contributed by atoms with Crippen molar-refractivity contribution in [1.29, 1.82) is 0 Å². The van der Waals surface area contributed by atoms with E-state index in [1.807, 2.05) is 0 Å². The Bertz CT molecular complexity index is 1170. The number of rotatable bonds is 4. The number of benzene rings is 2. The fraction of sp³-hybridized carbons (Fsp3) is 0.130. The van der Waals surface area contributed by atoms with Crippen LogP contribution in [0.4, 0.5) is 10.1 Å². The number of aliphatic hydroxyl groups excluding tert-OH is 1. The maximum Gasteiger partial charge on any atom is 0.300 e. The molecule has 7 heteroatoms. The van der Waals surface area contributed by atoms with E-state index in [2.05, 4.69) is 0 Å². The Labute approximate surface area is 171 Å². The molecule has 0 radical (unpaired) electrons. The number of nitrogens with zero attached hydrogens (tertiary/aromatic N) is 1. The van der Waals surface area contributed by atoms with Gasteiger partial charge in [0.2, 0.25) is 0 Å². The Morgan fingerprint density at radius 3 is 2.57 bits per heavy atom. The average Bonchev–Trinajstić information content (AvgIpc) is 3.34. The third kappa shape index (κ3) is 3.14. The number of Topliss-reactive ketones (excluding diaryl/α,β-unsaturated/α-hetero) is 1. The molecule has 2 heterocycles. The summed E-state index contributed by atoms with van der Waals surface area (Å²) < 4.78 is 24.5. The van der Waals surface area contributed by atoms with Crippen LogP contribution < -0.4 is 9.64 Å². The molecule has 2 aromatic carbocycles. The van der Waals surface area contributed by atoms with Gasteiger partial charge >= 0.3 is 0 Å². The molecule has 0 aliphatic carbocycles. The zero-order valence-corrected chi connectivity index (χ0v) is 16.3. The van der Waals surface area contributed by atoms with Crippen molar-refractivity contribution in [2.75, 3.05) is 12.0 Å². The second-order valence-corrected chi connectivity index (χ2v) is 6.85. The van der Waals surface area contributed by atoms with Crippen LogP contribution in [0.5, 0.6) is 5.75 Å². The first kappa shape index (κ1) is 19.4. The van der Waals surface area contributed by atoms with Crippen molar-refractivity contribution in [2.45, 2.75) is 13.0 Å². The first-order chi connectivity index (χ1) is 14.4. The van der Waals surface area contributed by atoms with Gasteiger partial charge in [0.15, 0.2) is 0 Å². The highest BCUT2D eigenvalue weighted by Gasteiger charge is 2.48. The number of hydrogen-bond donors (Lipinski definition) is 1. The van der Waals surface area contributed by atoms with Gasteiger partial charge in [0.05, 0.1) is 18.9 Å². The van der Waals surface area contributed by atoms with Crippen LogP contribution >= 0.6 is 0 Å². The van der Waals surface area contributed by atoms with Crippen molar-refractivity contribution in [2.24, 2.45) is 0 Å². The summed E-state index contributed by atoms with van der Waals surface area (Å²) in [6.45, 7) is 1.75. The molecule has 30 heavy (non-hydrogen) atoms. The summed E-state index contributed by atoms with van der Waals surface area (Å²) in [6.07, 6.45) is 1.40. The van der Waals surface area contributed by atoms with Gasteiger partial charge in [0.25, 0.3) is 11.7 Å². The fourth-order valence-electron chi connectivity index (χ4n) is 3.61. The van der Waals surface area contributed by atoms with Crippen molar-refractivity contribution in [1.82, 2.24) is 0 Å². The fourth-order valence-corrected chi connectivity index (χ4v) is 3.61. The standard InChI is InChI=1S/C23H18FNO5/c1-13-11-16(29-2)8-9-17(13)21(26)19-20(18-7-4-10-30-18)25(23(28)22(19)27)15-6-3-5-14(24)12-15/h3-12,20,26H,1-2H3/b21-19-. The minimum atomic E-state index is -1.04. The van der Waals surface area contributed by atoms with E-state index in [9.17, 15) is 19.1 Å². The van der Waals surface area contributed by atoms with Gasteiger partial charge in [-0.05, 0) is 61.0 Å². The molecule has 6 nitrogen and oxygen atoms in total. The average molecular weight is 407 g/mol. The summed E-state index contributed by atoms with van der Waals surface area (Å²) >= 11 is 0. The van der Waals surface area contributed by atoms with Gasteiger partial charge in [-0.2, -0.15) is 0 Å². The summed E-state index contributed by atoms with van der Waals surface area (Å²) in [5.41, 5.74) is 1.09. The number of aliphatic hydroxyl groups is 1. The highest BCUT2D eigenvalue weighted by atomic mass is 19.1. The first-order valence-electron chi connectivity index (χ1n) is 9.17. The molecule has 1 aromatic heterocycles. The number of furan rings is 1. The lowest BCUT2D eigenvalue weighted by molar-refractivity contribution is -0.132. The molecule has 152 valence electrons. The number of amides is 1. The number of ether oxygens (including phenoxy) is 1. The monoisotopic (exact) mass is 407 g/mol. The van der Waals surface area contributed by atoms with Crippen molar-refractivity contribution >= 4 is 23.1 Å². The van der Waals surface area contributed by atoms with E-state index in [4.69, 9.17) is 9.15 Å². The highest BCUT2D eigenvalue weighted by Crippen LogP contribution is 2.42. The molecule has 1 atom stereocenters. The van der Waals surface area contributed by atoms with Crippen LogP contribution in [0.15, 0.2) is 70.9 Å². The van der Waals surface area contributed by atoms with Crippen LogP contribution in [0.1, 0.15) is 22.9 Å². The Morgan fingerprint density at radius 1 is 1.13 bits per heavy atom. The summed E-state index contributed by atoms with van der Waals surface area (Å²) in [5.74, 6) is -1.80. The van der Waals surface area contributed by atoms with E-state index in [-0.39, 0.29) is 22.8 Å². The Kier molecular flexibility index (Phi) is 4.87. The molecule has 1 fully saturated rings. The molecule has 1 N–H and O–H groups in total. The van der Waals surface area contributed by atoms with E-state index >= 15 is 0 Å². The summed E-state index contributed by atoms with van der Waals surface area (Å²) in [4.78, 5) is 27.0. The zero-order chi connectivity index (χ0) is 21.4. The van der Waals surface area contributed by atoms with Crippen LogP contribution in [-0.2, 0) is 9.59 Å². The van der Waals surface area contributed by atoms with E-state index in [0.717, 1.165) is 11.0 Å². The van der Waals surface area contributed by atoms with Gasteiger partial charge in [-0.1, -0.05) is 6.07 Å². The quantitative estimate of drug-likeness (QED) is 0.395. The second kappa shape index (κ2) is 7.51. The lowest BCUT2D eigenvalue weighted by Crippen LogP contribution is -2.29. The molecule has 0 spiro atoms. The summed E-state index contributed by atoms with van der Waals surface area (Å²) in [5, 5.41) is 11.1. The summed E-state index contributed by atoms with van der Waals surface area (Å²) in [6, 6.07) is 12.5. The van der Waals surface area contributed by atoms with E-state index in [1.54, 1.807) is 37.3 Å². The Hall–Kier alpha value is -3.87. The van der Waals surface area contributed by atoms with E-state index in [0.29, 0.717) is 16.9 Å². The number of aryl methyl sites for hydroxylation is 1. The van der Waals surface area contributed by atoms with Crippen molar-refractivity contribution < 1.29 is 28.2 Å². The third-order valence-corrected chi connectivity index (χ3v) is 5.03. The van der Waals surface area contributed by atoms with E-state index < -0.39 is 23.5 Å². The first-order valence-corrected chi connectivity index (χ1v) is 9.17. The van der Waals surface area contributed by atoms with Gasteiger partial charge in [-0.15, -0.1) is 0 Å². The van der Waals surface area contributed by atoms with Gasteiger partial charge in [0.1, 0.15) is 29.1 Å². The molecule has 0 bridgehead atoms. The van der Waals surface area contributed by atoms with Crippen LogP contribution in [0.2, 0.25) is 0 Å². The number of halogens is 1. The normalized spacial score (nSPS) is 18.1. The molecule has 1 aliphatic rings. The lowest BCUT2D eigenvalue weighted by atomic mass is 9.97. The SMILES string of the molecule is COc1ccc(/C(O)=C2/C(=O)C(=O)N(c3cccc(F)c3)C2c2ccco2)c(C)c1. The molecule has 3 aromatic rings. The maximum absolute atomic E-state index is 13.8. The maximum atomic E-state index is 13.8. The third-order valence-electron chi connectivity index (χ3n) is 5.03. The second-order valence-electron chi connectivity index (χ2n) is 6.85. The zero-order valence-electron chi connectivity index (χ0n) is 16.3. The Morgan fingerprint density at radius 2 is 1.93 bits per heavy atom. The number of carbonyl (C=O) groups excluding carboxylic acids is 2. The van der Waals surface area contributed by atoms with Crippen molar-refractivity contribution in [3.63, 3.8) is 0 Å². The van der Waals surface area contributed by atoms with Crippen LogP contribution in [0, 0.1) is 12.7 Å². The van der Waals surface area contributed by atoms with Gasteiger partial charge < -0.3 is 14.3 Å². The summed E-state index contributed by atoms with van der Waals surface area (Å²) in [7, 11) is 1.52. The number of hydrogen-bond acceptors (Lipinski definition) is 5. The van der Waals surface area contributed by atoms with Crippen LogP contribution in [0.25, 0.3) is 5.76 Å². The van der Waals surface area contributed by atoms with Gasteiger partial charge in [0, 0.05) is 11.3 Å². The molecule has 0 saturated carbocycles. The molecule has 1 aliphatic heterocycles. The minimum absolute atomic E-state index is 0.132. The van der Waals surface area contributed by atoms with Gasteiger partial charge in [-0.25, -0.2) is 4.39 Å². The smallest absolute Gasteiger partial charge is 0.300 e. The van der Waals surface area contributed by atoms with Crippen molar-refractivity contribution in [3.05, 3.63) is 89.1 Å². The predicted molar refractivity (Wildman–Crippen MR) is 108 cm³/mol. The molecule has 4 rings (SSSR count). The lowest BCUT2D eigenvalue weighted by Gasteiger charge is -2.23. The van der Waals surface area contributed by atoms with E-state index in [1.165, 1.54) is 31.6 Å². The molecular formula is C23H18FNO5. The number of ketones is 1. The van der Waals surface area contributed by atoms with Gasteiger partial charge in [-0.3, -0.25) is 14.5 Å². The van der Waals surface area contributed by atoms with Crippen LogP contribution in [-0.4, -0.2) is 23.9 Å². The number of methoxy groups -OCH3 is 1. The molecule has 1 amide bonds. The number of anilines is 1. The minimum Gasteiger partial charge on any atom is -0.507 e. The van der Waals surface area contributed by atoms with Crippen molar-refractivity contribution in [3.8, 4) is 5.75 Å². The topological polar surface area (TPSA) is 80.0 Å². The number of carbonyl (C=O) groups is 2. The molecule has 1 unspecified atom stereocenters. The predicted octanol–water partition coefficient (Wildman–Crippen LogP) is 4.36.